The van der Waals surface area contributed by atoms with E-state index in [-0.39, 0.29) is 49.1 Å². The number of aliphatic hydroxyl groups excluding tert-OH is 2. The minimum Gasteiger partial charge on any atom is -0.508 e. The second-order valence-electron chi connectivity index (χ2n) is 11.4. The van der Waals surface area contributed by atoms with Crippen LogP contribution in [0.15, 0.2) is 60.7 Å². The molecule has 44 heavy (non-hydrogen) atoms. The number of rotatable bonds is 0. The van der Waals surface area contributed by atoms with Gasteiger partial charge in [-0.25, -0.2) is 0 Å². The van der Waals surface area contributed by atoms with E-state index in [0.29, 0.717) is 33.4 Å². The van der Waals surface area contributed by atoms with Crippen LogP contribution in [0, 0.1) is 0 Å². The molecule has 12 heteroatoms. The van der Waals surface area contributed by atoms with E-state index in [1.54, 1.807) is 12.1 Å². The van der Waals surface area contributed by atoms with Gasteiger partial charge in [0.05, 0.1) is 0 Å². The Hall–Kier alpha value is -4.88. The number of phenols is 6. The number of phenolic OH excluding ortho intramolecular Hbond substituents is 6. The summed E-state index contributed by atoms with van der Waals surface area (Å²) in [5.74, 6) is -1.46. The number of ether oxygens (including phenoxy) is 4. The van der Waals surface area contributed by atoms with Gasteiger partial charge in [0.2, 0.25) is 0 Å². The van der Waals surface area contributed by atoms with Crippen molar-refractivity contribution in [3.8, 4) is 68.2 Å². The molecular weight excluding hydrogens is 576 g/mol. The molecule has 2 spiro atoms. The van der Waals surface area contributed by atoms with Crippen molar-refractivity contribution in [1.29, 1.82) is 0 Å². The van der Waals surface area contributed by atoms with E-state index in [9.17, 15) is 40.9 Å². The summed E-state index contributed by atoms with van der Waals surface area (Å²) in [5.41, 5.74) is -0.822. The zero-order valence-corrected chi connectivity index (χ0v) is 23.0. The Morgan fingerprint density at radius 1 is 0.500 bits per heavy atom. The first-order valence-corrected chi connectivity index (χ1v) is 13.7. The lowest BCUT2D eigenvalue weighted by atomic mass is 9.83. The van der Waals surface area contributed by atoms with Crippen molar-refractivity contribution in [2.75, 3.05) is 13.2 Å². The molecule has 4 atom stereocenters. The number of hydrogen-bond donors (Lipinski definition) is 8. The second kappa shape index (κ2) is 9.82. The maximum Gasteiger partial charge on any atom is 0.188 e. The predicted molar refractivity (Wildman–Crippen MR) is 152 cm³/mol. The monoisotopic (exact) mass is 604 g/mol. The molecule has 12 nitrogen and oxygen atoms in total. The Labute approximate surface area is 249 Å². The molecule has 1 saturated heterocycles. The highest BCUT2D eigenvalue weighted by Gasteiger charge is 2.58. The van der Waals surface area contributed by atoms with Gasteiger partial charge >= 0.3 is 0 Å². The molecule has 0 aliphatic carbocycles. The molecular formula is C32H28O12. The molecule has 3 aliphatic rings. The maximum absolute atomic E-state index is 11.7. The predicted octanol–water partition coefficient (Wildman–Crippen LogP) is 2.99. The summed E-state index contributed by atoms with van der Waals surface area (Å²) in [6, 6.07) is 14.0. The fourth-order valence-electron chi connectivity index (χ4n) is 6.13. The molecule has 4 aromatic carbocycles. The number of aliphatic hydroxyl groups is 2. The first kappa shape index (κ1) is 27.9. The quantitative estimate of drug-likeness (QED) is 0.137. The van der Waals surface area contributed by atoms with E-state index in [1.807, 2.05) is 0 Å². The highest BCUT2D eigenvalue weighted by molar-refractivity contribution is 5.78. The molecule has 228 valence electrons. The molecule has 0 bridgehead atoms. The Balaban J connectivity index is 1.30. The number of aromatic hydroxyl groups is 6. The summed E-state index contributed by atoms with van der Waals surface area (Å²) in [6.07, 6.45) is -3.83. The van der Waals surface area contributed by atoms with E-state index < -0.39 is 46.8 Å². The van der Waals surface area contributed by atoms with E-state index in [0.717, 1.165) is 0 Å². The molecule has 4 aromatic rings. The van der Waals surface area contributed by atoms with Crippen molar-refractivity contribution in [2.24, 2.45) is 0 Å². The van der Waals surface area contributed by atoms with Gasteiger partial charge in [0.15, 0.2) is 46.8 Å². The molecule has 3 aliphatic heterocycles. The van der Waals surface area contributed by atoms with Gasteiger partial charge < -0.3 is 59.8 Å². The summed E-state index contributed by atoms with van der Waals surface area (Å²) in [4.78, 5) is 0. The van der Waals surface area contributed by atoms with Crippen molar-refractivity contribution >= 4 is 0 Å². The van der Waals surface area contributed by atoms with Crippen LogP contribution in [0.3, 0.4) is 0 Å². The average molecular weight is 605 g/mol. The summed E-state index contributed by atoms with van der Waals surface area (Å²) in [7, 11) is 0. The molecule has 0 saturated carbocycles. The third kappa shape index (κ3) is 4.38. The van der Waals surface area contributed by atoms with Gasteiger partial charge in [0.25, 0.3) is 0 Å². The van der Waals surface area contributed by atoms with Crippen molar-refractivity contribution in [1.82, 2.24) is 0 Å². The molecule has 1 fully saturated rings. The Morgan fingerprint density at radius 2 is 0.886 bits per heavy atom. The summed E-state index contributed by atoms with van der Waals surface area (Å²) in [6.45, 7) is -0.719. The minimum atomic E-state index is -1.77. The van der Waals surface area contributed by atoms with E-state index in [2.05, 4.69) is 0 Å². The number of fused-ring (bicyclic) bond motifs is 6. The van der Waals surface area contributed by atoms with Crippen LogP contribution in [-0.2, 0) is 22.3 Å². The first-order chi connectivity index (χ1) is 21.0. The van der Waals surface area contributed by atoms with Gasteiger partial charge in [0, 0.05) is 36.1 Å². The minimum absolute atomic E-state index is 0.103. The van der Waals surface area contributed by atoms with Crippen LogP contribution in [0.5, 0.6) is 46.0 Å². The van der Waals surface area contributed by atoms with Crippen molar-refractivity contribution < 1.29 is 59.8 Å². The molecule has 7 rings (SSSR count). The molecule has 0 radical (unpaired) electrons. The highest BCUT2D eigenvalue weighted by Crippen LogP contribution is 2.49. The third-order valence-corrected chi connectivity index (χ3v) is 8.43. The van der Waals surface area contributed by atoms with Crippen molar-refractivity contribution in [3.05, 3.63) is 71.8 Å². The standard InChI is InChI=1S/C32H28O12/c33-17-1-3-19-21-9-25(37)23(35)5-15(21)11-31(13-41-27(19)7-17)29(39)44-32(30(40)43-31)12-16-6-24(36)26(38)10-22(16)20-4-2-18(34)8-28(20)42-14-32/h1-10,29-30,33-40H,11-14H2/t29-,30+,31-,32+. The van der Waals surface area contributed by atoms with Gasteiger partial charge in [0.1, 0.15) is 36.2 Å². The van der Waals surface area contributed by atoms with Gasteiger partial charge in [-0.3, -0.25) is 0 Å². The lowest BCUT2D eigenvalue weighted by Crippen LogP contribution is -2.69. The Morgan fingerprint density at radius 3 is 1.30 bits per heavy atom. The maximum atomic E-state index is 11.7. The molecule has 8 N–H and O–H groups in total. The topological polar surface area (TPSA) is 199 Å². The SMILES string of the molecule is Oc1ccc2c(c1)OC[C@@]1(Cc3cc(O)c(O)cc3-2)O[C@H](O)[C@]2(COc3cc(O)ccc3-c3cc(O)c(O)cc3C2)O[C@H]1O. The van der Waals surface area contributed by atoms with Crippen LogP contribution in [0.25, 0.3) is 22.3 Å². The number of benzene rings is 4. The van der Waals surface area contributed by atoms with Gasteiger partial charge in [-0.2, -0.15) is 0 Å². The fourth-order valence-corrected chi connectivity index (χ4v) is 6.13. The van der Waals surface area contributed by atoms with Gasteiger partial charge in [-0.1, -0.05) is 0 Å². The van der Waals surface area contributed by atoms with Crippen LogP contribution in [0.4, 0.5) is 0 Å². The van der Waals surface area contributed by atoms with Crippen molar-refractivity contribution in [3.63, 3.8) is 0 Å². The van der Waals surface area contributed by atoms with Crippen LogP contribution in [-0.4, -0.2) is 77.8 Å². The highest BCUT2D eigenvalue weighted by atomic mass is 16.7. The van der Waals surface area contributed by atoms with E-state index >= 15 is 0 Å². The van der Waals surface area contributed by atoms with Crippen LogP contribution in [0.2, 0.25) is 0 Å². The molecule has 0 amide bonds. The van der Waals surface area contributed by atoms with Crippen LogP contribution >= 0.6 is 0 Å². The van der Waals surface area contributed by atoms with Crippen LogP contribution < -0.4 is 9.47 Å². The summed E-state index contributed by atoms with van der Waals surface area (Å²) < 4.78 is 24.5. The van der Waals surface area contributed by atoms with E-state index in [1.165, 1.54) is 48.5 Å². The van der Waals surface area contributed by atoms with Crippen LogP contribution in [0.1, 0.15) is 11.1 Å². The first-order valence-electron chi connectivity index (χ1n) is 13.7. The fraction of sp³-hybridized carbons (Fsp3) is 0.250. The molecule has 3 heterocycles. The summed E-state index contributed by atoms with van der Waals surface area (Å²) >= 11 is 0. The largest absolute Gasteiger partial charge is 0.508 e. The zero-order valence-electron chi connectivity index (χ0n) is 23.0. The lowest BCUT2D eigenvalue weighted by Gasteiger charge is -2.52. The lowest BCUT2D eigenvalue weighted by molar-refractivity contribution is -0.409. The van der Waals surface area contributed by atoms with Gasteiger partial charge in [-0.05, 0) is 70.8 Å². The Bertz CT molecular complexity index is 1670. The number of hydrogen-bond acceptors (Lipinski definition) is 12. The Kier molecular flexibility index (Phi) is 6.23. The molecule has 0 unspecified atom stereocenters. The molecule has 0 aromatic heterocycles. The van der Waals surface area contributed by atoms with Crippen molar-refractivity contribution in [2.45, 2.75) is 36.6 Å². The van der Waals surface area contributed by atoms with E-state index in [4.69, 9.17) is 18.9 Å². The normalized spacial score (nSPS) is 25.6. The second-order valence-corrected chi connectivity index (χ2v) is 11.4. The summed E-state index contributed by atoms with van der Waals surface area (Å²) in [5, 5.41) is 84.8. The van der Waals surface area contributed by atoms with Gasteiger partial charge in [-0.15, -0.1) is 0 Å². The average Bonchev–Trinajstić information content (AvgIpc) is 2.96. The zero-order chi connectivity index (χ0) is 31.0. The smallest absolute Gasteiger partial charge is 0.188 e. The third-order valence-electron chi connectivity index (χ3n) is 8.43.